The predicted octanol–water partition coefficient (Wildman–Crippen LogP) is 1.74. The third-order valence-corrected chi connectivity index (χ3v) is 3.73. The number of hydrogen-bond donors (Lipinski definition) is 1. The van der Waals surface area contributed by atoms with Gasteiger partial charge in [-0.05, 0) is 45.1 Å². The highest BCUT2D eigenvalue weighted by Crippen LogP contribution is 2.43. The molecular formula is C11H22N2. The van der Waals surface area contributed by atoms with Gasteiger partial charge in [0.1, 0.15) is 0 Å². The Hall–Kier alpha value is -0.0800. The lowest BCUT2D eigenvalue weighted by atomic mass is 9.75. The molecule has 0 aromatic heterocycles. The fourth-order valence-corrected chi connectivity index (χ4v) is 2.63. The van der Waals surface area contributed by atoms with E-state index in [2.05, 4.69) is 11.8 Å². The largest absolute Gasteiger partial charge is 0.329 e. The summed E-state index contributed by atoms with van der Waals surface area (Å²) in [7, 11) is 0. The number of rotatable bonds is 5. The van der Waals surface area contributed by atoms with E-state index in [4.69, 9.17) is 5.73 Å². The molecule has 0 spiro atoms. The molecule has 0 saturated heterocycles. The smallest absolute Gasteiger partial charge is 0.0334 e. The van der Waals surface area contributed by atoms with Crippen molar-refractivity contribution in [3.8, 4) is 0 Å². The van der Waals surface area contributed by atoms with E-state index in [1.807, 2.05) is 0 Å². The zero-order valence-corrected chi connectivity index (χ0v) is 8.76. The third kappa shape index (κ3) is 1.62. The van der Waals surface area contributed by atoms with E-state index in [1.165, 1.54) is 45.1 Å². The highest BCUT2D eigenvalue weighted by atomic mass is 15.3. The lowest BCUT2D eigenvalue weighted by Crippen LogP contribution is -2.59. The Morgan fingerprint density at radius 2 is 2.08 bits per heavy atom. The molecule has 0 aromatic carbocycles. The molecule has 0 aliphatic heterocycles. The maximum Gasteiger partial charge on any atom is 0.0334 e. The van der Waals surface area contributed by atoms with Crippen molar-refractivity contribution in [3.05, 3.63) is 0 Å². The lowest BCUT2D eigenvalue weighted by molar-refractivity contribution is 0.0162. The van der Waals surface area contributed by atoms with Crippen LogP contribution in [0.2, 0.25) is 0 Å². The standard InChI is InChI=1S/C11H22N2/c1-2-8-13(10-4-5-10)11(9-12)6-3-7-11/h10H,2-9,12H2,1H3. The SMILES string of the molecule is CCCN(C1CC1)C1(CN)CCC1. The van der Waals surface area contributed by atoms with Gasteiger partial charge in [-0.25, -0.2) is 0 Å². The van der Waals surface area contributed by atoms with Crippen LogP contribution in [0.3, 0.4) is 0 Å². The van der Waals surface area contributed by atoms with E-state index in [1.54, 1.807) is 0 Å². The van der Waals surface area contributed by atoms with Crippen molar-refractivity contribution < 1.29 is 0 Å². The van der Waals surface area contributed by atoms with Crippen molar-refractivity contribution in [2.24, 2.45) is 5.73 Å². The fraction of sp³-hybridized carbons (Fsp3) is 1.00. The molecule has 0 aromatic rings. The Balaban J connectivity index is 1.99. The number of nitrogens with zero attached hydrogens (tertiary/aromatic N) is 1. The van der Waals surface area contributed by atoms with Crippen LogP contribution in [-0.2, 0) is 0 Å². The molecule has 0 bridgehead atoms. The summed E-state index contributed by atoms with van der Waals surface area (Å²) in [5, 5.41) is 0. The maximum absolute atomic E-state index is 5.92. The van der Waals surface area contributed by atoms with Gasteiger partial charge in [0, 0.05) is 18.1 Å². The van der Waals surface area contributed by atoms with Crippen molar-refractivity contribution in [2.75, 3.05) is 13.1 Å². The van der Waals surface area contributed by atoms with Gasteiger partial charge >= 0.3 is 0 Å². The maximum atomic E-state index is 5.92. The van der Waals surface area contributed by atoms with Crippen molar-refractivity contribution in [2.45, 2.75) is 57.0 Å². The van der Waals surface area contributed by atoms with Gasteiger partial charge in [-0.3, -0.25) is 4.90 Å². The first kappa shape index (κ1) is 9.47. The Bertz CT molecular complexity index is 165. The molecule has 0 atom stereocenters. The van der Waals surface area contributed by atoms with Gasteiger partial charge < -0.3 is 5.73 Å². The topological polar surface area (TPSA) is 29.3 Å². The van der Waals surface area contributed by atoms with Crippen LogP contribution in [0.4, 0.5) is 0 Å². The Labute approximate surface area is 81.5 Å². The minimum Gasteiger partial charge on any atom is -0.329 e. The summed E-state index contributed by atoms with van der Waals surface area (Å²) >= 11 is 0. The second-order valence-corrected chi connectivity index (χ2v) is 4.71. The average molecular weight is 182 g/mol. The van der Waals surface area contributed by atoms with Gasteiger partial charge in [0.05, 0.1) is 0 Å². The van der Waals surface area contributed by atoms with Crippen molar-refractivity contribution >= 4 is 0 Å². The van der Waals surface area contributed by atoms with Crippen molar-refractivity contribution in [1.82, 2.24) is 4.90 Å². The Morgan fingerprint density at radius 3 is 2.38 bits per heavy atom. The molecule has 2 fully saturated rings. The van der Waals surface area contributed by atoms with Crippen LogP contribution in [0.25, 0.3) is 0 Å². The van der Waals surface area contributed by atoms with Crippen LogP contribution in [0.15, 0.2) is 0 Å². The quantitative estimate of drug-likeness (QED) is 0.702. The Kier molecular flexibility index (Phi) is 2.61. The summed E-state index contributed by atoms with van der Waals surface area (Å²) in [4.78, 5) is 2.72. The van der Waals surface area contributed by atoms with E-state index in [9.17, 15) is 0 Å². The summed E-state index contributed by atoms with van der Waals surface area (Å²) in [5.41, 5.74) is 6.35. The van der Waals surface area contributed by atoms with Gasteiger partial charge in [0.2, 0.25) is 0 Å². The summed E-state index contributed by atoms with van der Waals surface area (Å²) in [6, 6.07) is 0.892. The molecule has 2 rings (SSSR count). The zero-order chi connectivity index (χ0) is 9.31. The normalized spacial score (nSPS) is 26.1. The van der Waals surface area contributed by atoms with Gasteiger partial charge in [-0.1, -0.05) is 6.92 Å². The highest BCUT2D eigenvalue weighted by molar-refractivity contribution is 5.03. The van der Waals surface area contributed by atoms with Crippen LogP contribution in [0.1, 0.15) is 45.4 Å². The molecule has 2 N–H and O–H groups in total. The highest BCUT2D eigenvalue weighted by Gasteiger charge is 2.46. The van der Waals surface area contributed by atoms with Crippen molar-refractivity contribution in [3.63, 3.8) is 0 Å². The zero-order valence-electron chi connectivity index (χ0n) is 8.76. The van der Waals surface area contributed by atoms with Gasteiger partial charge in [0.15, 0.2) is 0 Å². The number of hydrogen-bond acceptors (Lipinski definition) is 2. The number of nitrogens with two attached hydrogens (primary N) is 1. The van der Waals surface area contributed by atoms with E-state index in [-0.39, 0.29) is 0 Å². The molecule has 2 nitrogen and oxygen atoms in total. The van der Waals surface area contributed by atoms with Crippen LogP contribution < -0.4 is 5.73 Å². The Morgan fingerprint density at radius 1 is 1.38 bits per heavy atom. The molecule has 0 radical (unpaired) electrons. The average Bonchev–Trinajstić information content (AvgIpc) is 2.84. The van der Waals surface area contributed by atoms with Crippen LogP contribution in [-0.4, -0.2) is 29.6 Å². The summed E-state index contributed by atoms with van der Waals surface area (Å²) in [6.07, 6.45) is 8.20. The van der Waals surface area contributed by atoms with Gasteiger partial charge in [0.25, 0.3) is 0 Å². The van der Waals surface area contributed by atoms with Gasteiger partial charge in [-0.2, -0.15) is 0 Å². The monoisotopic (exact) mass is 182 g/mol. The molecule has 13 heavy (non-hydrogen) atoms. The molecule has 0 heterocycles. The third-order valence-electron chi connectivity index (χ3n) is 3.73. The summed E-state index contributed by atoms with van der Waals surface area (Å²) in [6.45, 7) is 4.42. The fourth-order valence-electron chi connectivity index (χ4n) is 2.63. The minimum absolute atomic E-state index is 0.428. The first-order chi connectivity index (χ1) is 6.32. The molecule has 76 valence electrons. The lowest BCUT2D eigenvalue weighted by Gasteiger charge is -2.50. The van der Waals surface area contributed by atoms with Crippen LogP contribution in [0.5, 0.6) is 0 Å². The molecule has 0 amide bonds. The van der Waals surface area contributed by atoms with E-state index in [0.29, 0.717) is 5.54 Å². The first-order valence-electron chi connectivity index (χ1n) is 5.79. The van der Waals surface area contributed by atoms with E-state index >= 15 is 0 Å². The second kappa shape index (κ2) is 3.58. The van der Waals surface area contributed by atoms with Crippen LogP contribution >= 0.6 is 0 Å². The van der Waals surface area contributed by atoms with E-state index < -0.39 is 0 Å². The summed E-state index contributed by atoms with van der Waals surface area (Å²) < 4.78 is 0. The van der Waals surface area contributed by atoms with E-state index in [0.717, 1.165) is 12.6 Å². The molecular weight excluding hydrogens is 160 g/mol. The van der Waals surface area contributed by atoms with Crippen LogP contribution in [0, 0.1) is 0 Å². The summed E-state index contributed by atoms with van der Waals surface area (Å²) in [5.74, 6) is 0. The molecule has 2 aliphatic rings. The minimum atomic E-state index is 0.428. The molecule has 2 aliphatic carbocycles. The second-order valence-electron chi connectivity index (χ2n) is 4.71. The molecule has 2 saturated carbocycles. The predicted molar refractivity (Wildman–Crippen MR) is 55.7 cm³/mol. The molecule has 0 unspecified atom stereocenters. The van der Waals surface area contributed by atoms with Crippen molar-refractivity contribution in [1.29, 1.82) is 0 Å². The first-order valence-corrected chi connectivity index (χ1v) is 5.79. The van der Waals surface area contributed by atoms with Gasteiger partial charge in [-0.15, -0.1) is 0 Å². The molecule has 2 heteroatoms.